The number of carbonyl (C=O) groups excluding carboxylic acids is 1. The molecule has 2 aromatic rings. The first kappa shape index (κ1) is 35.7. The maximum absolute atomic E-state index is 13.5. The summed E-state index contributed by atoms with van der Waals surface area (Å²) in [5.74, 6) is -2.26. The van der Waals surface area contributed by atoms with E-state index >= 15 is 0 Å². The number of phenolic OH excluding ortho intramolecular Hbond substituents is 1. The number of hydrogen-bond donors (Lipinski definition) is 3. The number of allylic oxidation sites excluding steroid dienone is 3. The van der Waals surface area contributed by atoms with Crippen LogP contribution < -0.4 is 20.8 Å². The highest BCUT2D eigenvalue weighted by Gasteiger charge is 2.29. The van der Waals surface area contributed by atoms with Crippen LogP contribution in [0.2, 0.25) is 0 Å². The van der Waals surface area contributed by atoms with Gasteiger partial charge in [0.25, 0.3) is 0 Å². The molecule has 2 atom stereocenters. The van der Waals surface area contributed by atoms with Crippen LogP contribution in [0.25, 0.3) is 12.2 Å². The minimum Gasteiger partial charge on any atom is -0.507 e. The second kappa shape index (κ2) is 17.6. The second-order valence-electron chi connectivity index (χ2n) is 11.3. The molecular weight excluding hydrogens is 592 g/mol. The Bertz CT molecular complexity index is 1610. The summed E-state index contributed by atoms with van der Waals surface area (Å²) in [5.41, 5.74) is 0.597. The number of hydrogen-bond acceptors (Lipinski definition) is 8. The molecular formula is C36H44O8S. The minimum absolute atomic E-state index is 0.00771. The summed E-state index contributed by atoms with van der Waals surface area (Å²) in [4.78, 5) is 38.0. The van der Waals surface area contributed by atoms with Gasteiger partial charge in [-0.25, -0.2) is 4.79 Å². The lowest BCUT2D eigenvalue weighted by molar-refractivity contribution is 0.0650. The van der Waals surface area contributed by atoms with Crippen molar-refractivity contribution in [3.05, 3.63) is 79.7 Å². The molecule has 242 valence electrons. The van der Waals surface area contributed by atoms with Gasteiger partial charge in [0.1, 0.15) is 16.9 Å². The predicted molar refractivity (Wildman–Crippen MR) is 180 cm³/mol. The molecule has 3 N–H and O–H groups in total. The van der Waals surface area contributed by atoms with E-state index in [1.54, 1.807) is 30.4 Å². The Labute approximate surface area is 269 Å². The van der Waals surface area contributed by atoms with E-state index in [-0.39, 0.29) is 27.7 Å². The molecule has 0 saturated carbocycles. The number of ether oxygens (including phenoxy) is 1. The van der Waals surface area contributed by atoms with E-state index in [9.17, 15) is 29.7 Å². The van der Waals surface area contributed by atoms with Gasteiger partial charge in [-0.05, 0) is 63.7 Å². The van der Waals surface area contributed by atoms with Gasteiger partial charge in [-0.3, -0.25) is 9.59 Å². The van der Waals surface area contributed by atoms with Crippen LogP contribution in [0, 0.1) is 0 Å². The lowest BCUT2D eigenvalue weighted by atomic mass is 9.88. The first-order valence-electron chi connectivity index (χ1n) is 15.8. The van der Waals surface area contributed by atoms with Gasteiger partial charge in [0, 0.05) is 22.8 Å². The lowest BCUT2D eigenvalue weighted by Gasteiger charge is -2.21. The SMILES string of the molecule is CCCC[C@@H](O)[C@@H](/C=C/C=C\CCCCCOc1ccc(C(C)=O)c(O)c1CCC)c1c(C(=O)O)oc2c(c1=O)=CCC(=S)C=2. The number of carboxylic acids is 1. The van der Waals surface area contributed by atoms with Gasteiger partial charge in [0.05, 0.1) is 29.1 Å². The summed E-state index contributed by atoms with van der Waals surface area (Å²) in [7, 11) is 0. The molecule has 0 aliphatic heterocycles. The number of carboxylic acid groups (broad SMARTS) is 1. The molecule has 3 rings (SSSR count). The molecule has 1 aromatic heterocycles. The summed E-state index contributed by atoms with van der Waals surface area (Å²) < 4.78 is 11.6. The van der Waals surface area contributed by atoms with Gasteiger partial charge in [0.2, 0.25) is 5.76 Å². The zero-order chi connectivity index (χ0) is 32.9. The largest absolute Gasteiger partial charge is 0.507 e. The molecule has 0 spiro atoms. The molecule has 0 saturated heterocycles. The topological polar surface area (TPSA) is 134 Å². The quantitative estimate of drug-likeness (QED) is 0.0789. The van der Waals surface area contributed by atoms with Crippen LogP contribution in [-0.2, 0) is 6.42 Å². The zero-order valence-electron chi connectivity index (χ0n) is 26.3. The third kappa shape index (κ3) is 9.58. The second-order valence-corrected chi connectivity index (χ2v) is 11.8. The van der Waals surface area contributed by atoms with Crippen LogP contribution in [-0.4, -0.2) is 44.6 Å². The number of thiocarbonyl (C=S) groups is 1. The van der Waals surface area contributed by atoms with E-state index in [0.29, 0.717) is 47.6 Å². The molecule has 0 radical (unpaired) electrons. The first-order chi connectivity index (χ1) is 21.6. The van der Waals surface area contributed by atoms with E-state index < -0.39 is 29.2 Å². The summed E-state index contributed by atoms with van der Waals surface area (Å²) >= 11 is 5.20. The number of Topliss-reactive ketones (excluding diaryl/α,β-unsaturated/α-hetero) is 1. The van der Waals surface area contributed by atoms with Gasteiger partial charge in [-0.1, -0.05) is 75.7 Å². The number of aromatic carboxylic acids is 1. The summed E-state index contributed by atoms with van der Waals surface area (Å²) in [5, 5.41) is 31.7. The number of unbranched alkanes of at least 4 members (excludes halogenated alkanes) is 4. The molecule has 0 amide bonds. The average molecular weight is 637 g/mol. The van der Waals surface area contributed by atoms with Crippen molar-refractivity contribution in [2.75, 3.05) is 6.61 Å². The minimum atomic E-state index is -1.37. The summed E-state index contributed by atoms with van der Waals surface area (Å²) in [6.45, 7) is 5.93. The van der Waals surface area contributed by atoms with Crippen LogP contribution >= 0.6 is 12.2 Å². The van der Waals surface area contributed by atoms with Gasteiger partial charge in [-0.15, -0.1) is 0 Å². The Morgan fingerprint density at radius 1 is 1.11 bits per heavy atom. The molecule has 0 unspecified atom stereocenters. The van der Waals surface area contributed by atoms with Crippen LogP contribution in [0.3, 0.4) is 0 Å². The number of fused-ring (bicyclic) bond motifs is 1. The average Bonchev–Trinajstić information content (AvgIpc) is 3.00. The number of aliphatic hydroxyl groups is 1. The van der Waals surface area contributed by atoms with Crippen LogP contribution in [0.15, 0.2) is 45.6 Å². The fourth-order valence-electron chi connectivity index (χ4n) is 5.37. The number of ketones is 1. The third-order valence-corrected chi connectivity index (χ3v) is 8.05. The number of phenols is 1. The number of benzene rings is 1. The molecule has 0 bridgehead atoms. The van der Waals surface area contributed by atoms with Gasteiger partial charge < -0.3 is 24.5 Å². The van der Waals surface area contributed by atoms with Crippen molar-refractivity contribution in [3.8, 4) is 11.5 Å². The fourth-order valence-corrected chi connectivity index (χ4v) is 5.56. The Balaban J connectivity index is 1.63. The maximum Gasteiger partial charge on any atom is 0.372 e. The lowest BCUT2D eigenvalue weighted by Crippen LogP contribution is -2.45. The fraction of sp³-hybridized carbons (Fsp3) is 0.444. The highest BCUT2D eigenvalue weighted by atomic mass is 32.1. The molecule has 1 aliphatic carbocycles. The molecule has 0 fully saturated rings. The van der Waals surface area contributed by atoms with E-state index in [4.69, 9.17) is 21.4 Å². The van der Waals surface area contributed by atoms with E-state index in [0.717, 1.165) is 44.9 Å². The standard InChI is InChI=1S/C36H44O8S/c1-4-6-16-29(38)26(32-34(40)28-18-17-24(45)22-31(28)44-35(32)36(41)42)15-12-10-8-7-9-11-13-21-43-30-20-19-25(23(3)37)33(39)27(30)14-5-2/h8,10,12,15,18-20,22,26,29,38-39H,4-7,9,11,13-14,16-17,21H2,1-3H3,(H,41,42)/b10-8-,15-12+/t26-,29-/m1/s1. The van der Waals surface area contributed by atoms with Crippen LogP contribution in [0.5, 0.6) is 11.5 Å². The molecule has 9 heteroatoms. The van der Waals surface area contributed by atoms with Crippen molar-refractivity contribution in [2.24, 2.45) is 0 Å². The Morgan fingerprint density at radius 3 is 2.58 bits per heavy atom. The third-order valence-electron chi connectivity index (χ3n) is 7.76. The first-order valence-corrected chi connectivity index (χ1v) is 16.2. The predicted octanol–water partition coefficient (Wildman–Crippen LogP) is 5.92. The molecule has 1 aromatic carbocycles. The van der Waals surface area contributed by atoms with E-state index in [2.05, 4.69) is 0 Å². The van der Waals surface area contributed by atoms with E-state index in [1.165, 1.54) is 13.0 Å². The van der Waals surface area contributed by atoms with E-state index in [1.807, 2.05) is 26.0 Å². The number of aliphatic hydroxyl groups excluding tert-OH is 1. The molecule has 1 aliphatic rings. The smallest absolute Gasteiger partial charge is 0.372 e. The Morgan fingerprint density at radius 2 is 1.89 bits per heavy atom. The number of rotatable bonds is 18. The van der Waals surface area contributed by atoms with Crippen LogP contribution in [0.4, 0.5) is 0 Å². The van der Waals surface area contributed by atoms with Crippen molar-refractivity contribution < 1.29 is 34.1 Å². The molecule has 45 heavy (non-hydrogen) atoms. The van der Waals surface area contributed by atoms with Crippen molar-refractivity contribution in [1.29, 1.82) is 0 Å². The summed E-state index contributed by atoms with van der Waals surface area (Å²) in [6.07, 6.45) is 16.7. The van der Waals surface area contributed by atoms with Crippen molar-refractivity contribution in [3.63, 3.8) is 0 Å². The van der Waals surface area contributed by atoms with Gasteiger partial charge in [-0.2, -0.15) is 0 Å². The number of carbonyl (C=O) groups is 2. The Kier molecular flexibility index (Phi) is 14.0. The maximum atomic E-state index is 13.5. The van der Waals surface area contributed by atoms with Crippen LogP contribution in [0.1, 0.15) is 117 Å². The Hall–Kier alpha value is -3.82. The van der Waals surface area contributed by atoms with Gasteiger partial charge >= 0.3 is 5.97 Å². The monoisotopic (exact) mass is 636 g/mol. The van der Waals surface area contributed by atoms with Crippen molar-refractivity contribution in [2.45, 2.75) is 97.0 Å². The van der Waals surface area contributed by atoms with Crippen molar-refractivity contribution in [1.82, 2.24) is 0 Å². The number of aromatic hydroxyl groups is 1. The van der Waals surface area contributed by atoms with Gasteiger partial charge in [0.15, 0.2) is 11.2 Å². The zero-order valence-corrected chi connectivity index (χ0v) is 27.2. The molecule has 1 heterocycles. The normalized spacial score (nSPS) is 14.2. The molecule has 8 nitrogen and oxygen atoms in total. The highest BCUT2D eigenvalue weighted by molar-refractivity contribution is 7.81. The highest BCUT2D eigenvalue weighted by Crippen LogP contribution is 2.33. The summed E-state index contributed by atoms with van der Waals surface area (Å²) in [6, 6.07) is 3.36. The van der Waals surface area contributed by atoms with Crippen molar-refractivity contribution >= 4 is 41.0 Å².